The molecule has 2 fully saturated rings. The summed E-state index contributed by atoms with van der Waals surface area (Å²) in [5.41, 5.74) is 0. The van der Waals surface area contributed by atoms with Crippen molar-refractivity contribution in [3.63, 3.8) is 0 Å². The number of rotatable bonds is 2. The molecule has 2 rings (SSSR count). The predicted octanol–water partition coefficient (Wildman–Crippen LogP) is -0.0571. The number of hydrogen-bond donors (Lipinski definition) is 0. The van der Waals surface area contributed by atoms with Gasteiger partial charge in [0.2, 0.25) is 0 Å². The van der Waals surface area contributed by atoms with E-state index < -0.39 is 0 Å². The second-order valence-corrected chi connectivity index (χ2v) is 5.14. The van der Waals surface area contributed by atoms with Gasteiger partial charge in [0.25, 0.3) is 0 Å². The third kappa shape index (κ3) is 0.915. The van der Waals surface area contributed by atoms with Gasteiger partial charge < -0.3 is 0 Å². The molecule has 0 aromatic carbocycles. The van der Waals surface area contributed by atoms with Gasteiger partial charge in [0, 0.05) is 0 Å². The summed E-state index contributed by atoms with van der Waals surface area (Å²) in [6.07, 6.45) is 0. The predicted molar refractivity (Wildman–Crippen MR) is 51.8 cm³/mol. The molecule has 2 bridgehead atoms. The van der Waals surface area contributed by atoms with Gasteiger partial charge in [0.15, 0.2) is 0 Å². The zero-order chi connectivity index (χ0) is 8.82. The van der Waals surface area contributed by atoms with E-state index in [9.17, 15) is 0 Å². The van der Waals surface area contributed by atoms with E-state index in [1.807, 2.05) is 0 Å². The Bertz CT molecular complexity index is 195. The first-order valence-corrected chi connectivity index (χ1v) is 6.13. The van der Waals surface area contributed by atoms with Crippen LogP contribution < -0.4 is 0 Å². The van der Waals surface area contributed by atoms with Crippen molar-refractivity contribution >= 4 is 25.6 Å². The molecule has 0 radical (unpaired) electrons. The molecule has 2 aliphatic heterocycles. The van der Waals surface area contributed by atoms with Gasteiger partial charge in [-0.2, -0.15) is 0 Å². The molecule has 0 amide bonds. The summed E-state index contributed by atoms with van der Waals surface area (Å²) in [6.45, 7) is 12.9. The monoisotopic (exact) mass is 284 g/mol. The van der Waals surface area contributed by atoms with Crippen molar-refractivity contribution in [3.05, 3.63) is 0 Å². The molecule has 2 nitrogen and oxygen atoms in total. The summed E-state index contributed by atoms with van der Waals surface area (Å²) >= 11 is 2.30. The summed E-state index contributed by atoms with van der Waals surface area (Å²) in [5.74, 6) is 0. The number of quaternary nitrogens is 2. The van der Waals surface area contributed by atoms with Crippen molar-refractivity contribution in [3.8, 4) is 0 Å². The molecule has 0 aromatic rings. The third-order valence-corrected chi connectivity index (χ3v) is 6.15. The van der Waals surface area contributed by atoms with Crippen LogP contribution in [0.25, 0.3) is 0 Å². The zero-order valence-electron chi connectivity index (χ0n) is 8.05. The second-order valence-electron chi connectivity index (χ2n) is 4.10. The molecule has 0 saturated carbocycles. The van der Waals surface area contributed by atoms with Crippen LogP contribution >= 0.6 is 0 Å². The van der Waals surface area contributed by atoms with E-state index in [1.54, 1.807) is 3.80 Å². The van der Waals surface area contributed by atoms with E-state index in [4.69, 9.17) is 0 Å². The molecule has 0 unspecified atom stereocenters. The number of likely N-dealkylation sites (N-methyl/N-ethyl adjacent to an activating group) is 2. The number of hydrogen-bond acceptors (Lipinski definition) is 0. The van der Waals surface area contributed by atoms with Gasteiger partial charge in [0.1, 0.15) is 0 Å². The van der Waals surface area contributed by atoms with Crippen molar-refractivity contribution < 1.29 is 8.97 Å². The summed E-state index contributed by atoms with van der Waals surface area (Å²) < 4.78 is 4.41. The van der Waals surface area contributed by atoms with Gasteiger partial charge in [0.05, 0.1) is 0 Å². The van der Waals surface area contributed by atoms with E-state index in [-0.39, 0.29) is 0 Å². The molecule has 68 valence electrons. The molecular weight excluding hydrogens is 264 g/mol. The number of nitrogens with zero attached hydrogens (tertiary/aromatic N) is 2. The average Bonchev–Trinajstić information content (AvgIpc) is 2.57. The van der Waals surface area contributed by atoms with Gasteiger partial charge in [-0.25, -0.2) is 0 Å². The minimum absolute atomic E-state index is 1.31. The van der Waals surface area contributed by atoms with Crippen molar-refractivity contribution in [2.75, 3.05) is 39.3 Å². The van der Waals surface area contributed by atoms with E-state index in [0.717, 1.165) is 0 Å². The van der Waals surface area contributed by atoms with Gasteiger partial charge in [-0.15, -0.1) is 0 Å². The normalized spacial score (nSPS) is 45.7. The van der Waals surface area contributed by atoms with Crippen molar-refractivity contribution in [2.24, 2.45) is 0 Å². The Morgan fingerprint density at radius 3 is 1.50 bits per heavy atom. The molecule has 12 heavy (non-hydrogen) atoms. The molecule has 0 aliphatic carbocycles. The summed E-state index contributed by atoms with van der Waals surface area (Å²) in [4.78, 5) is 0. The molecule has 0 aromatic heterocycles. The van der Waals surface area contributed by atoms with E-state index >= 15 is 0 Å². The Hall–Kier alpha value is 0.580. The zero-order valence-corrected chi connectivity index (χ0v) is 10.4. The van der Waals surface area contributed by atoms with Crippen LogP contribution in [0.1, 0.15) is 13.8 Å². The molecule has 2 saturated heterocycles. The maximum atomic E-state index is 2.34. The first kappa shape index (κ1) is 9.15. The summed E-state index contributed by atoms with van der Waals surface area (Å²) in [7, 11) is 0. The summed E-state index contributed by atoms with van der Waals surface area (Å²) in [5, 5.41) is 0. The summed E-state index contributed by atoms with van der Waals surface area (Å²) in [6, 6.07) is 0. The third-order valence-electron chi connectivity index (χ3n) is 3.93. The second kappa shape index (κ2) is 2.78. The Balaban J connectivity index is 2.33. The van der Waals surface area contributed by atoms with Crippen LogP contribution in [0.15, 0.2) is 0 Å². The van der Waals surface area contributed by atoms with E-state index in [1.165, 1.54) is 48.2 Å². The molecule has 0 N–H and O–H groups in total. The number of fused-ring (bicyclic) bond motifs is 2. The van der Waals surface area contributed by atoms with Crippen LogP contribution in [0.2, 0.25) is 0 Å². The van der Waals surface area contributed by atoms with Crippen LogP contribution in [-0.4, -0.2) is 73.9 Å². The van der Waals surface area contributed by atoms with Crippen LogP contribution in [0, 0.1) is 0 Å². The molecular formula is C9H18N2Te+2. The fourth-order valence-electron chi connectivity index (χ4n) is 2.72. The Labute approximate surface area is 87.7 Å². The van der Waals surface area contributed by atoms with E-state index in [0.29, 0.717) is 0 Å². The van der Waals surface area contributed by atoms with Crippen LogP contribution in [0.5, 0.6) is 0 Å². The standard InChI is InChI=1S/C9H18N2Te/c1-3-10-5-7-11(4-2,8-6-10)9(10)12/h3-8H2,1-2H3/q+2. The van der Waals surface area contributed by atoms with Crippen molar-refractivity contribution in [1.29, 1.82) is 0 Å². The van der Waals surface area contributed by atoms with Crippen molar-refractivity contribution in [1.82, 2.24) is 0 Å². The average molecular weight is 282 g/mol. The molecule has 3 heteroatoms. The molecule has 0 atom stereocenters. The van der Waals surface area contributed by atoms with Crippen LogP contribution in [0.3, 0.4) is 0 Å². The topological polar surface area (TPSA) is 0 Å². The maximum absolute atomic E-state index is 2.34. The van der Waals surface area contributed by atoms with Gasteiger partial charge in [-0.05, 0) is 0 Å². The van der Waals surface area contributed by atoms with Crippen LogP contribution in [-0.2, 0) is 0 Å². The SMILES string of the molecule is CC[N+]12CC[N+](CC)(CC1)C2=[Te]. The Kier molecular flexibility index (Phi) is 2.12. The Morgan fingerprint density at radius 1 is 1.00 bits per heavy atom. The first-order chi connectivity index (χ1) is 5.69. The minimum atomic E-state index is 1.31. The van der Waals surface area contributed by atoms with Gasteiger partial charge >= 0.3 is 87.7 Å². The number of piperazine rings is 1. The van der Waals surface area contributed by atoms with Gasteiger partial charge in [-0.1, -0.05) is 0 Å². The fraction of sp³-hybridized carbons (Fsp3) is 0.889. The van der Waals surface area contributed by atoms with Crippen LogP contribution in [0.4, 0.5) is 0 Å². The van der Waals surface area contributed by atoms with E-state index in [2.05, 4.69) is 35.7 Å². The molecule has 2 aliphatic rings. The fourth-order valence-corrected chi connectivity index (χ4v) is 4.50. The Morgan fingerprint density at radius 2 is 1.33 bits per heavy atom. The molecule has 0 spiro atoms. The quantitative estimate of drug-likeness (QED) is 0.492. The van der Waals surface area contributed by atoms with Gasteiger partial charge in [-0.3, -0.25) is 0 Å². The molecule has 2 heterocycles. The first-order valence-electron chi connectivity index (χ1n) is 4.96. The van der Waals surface area contributed by atoms with Crippen molar-refractivity contribution in [2.45, 2.75) is 13.8 Å².